The zero-order valence-corrected chi connectivity index (χ0v) is 11.6. The van der Waals surface area contributed by atoms with Crippen LogP contribution in [0.3, 0.4) is 0 Å². The van der Waals surface area contributed by atoms with Crippen molar-refractivity contribution in [2.75, 3.05) is 11.4 Å². The van der Waals surface area contributed by atoms with Crippen molar-refractivity contribution in [2.45, 2.75) is 6.42 Å². The fourth-order valence-corrected chi connectivity index (χ4v) is 2.64. The van der Waals surface area contributed by atoms with E-state index in [4.69, 9.17) is 11.6 Å². The zero-order valence-electron chi connectivity index (χ0n) is 10.8. The number of Topliss-reactive ketones (excluding diaryl/α,β-unsaturated/α-hetero) is 1. The summed E-state index contributed by atoms with van der Waals surface area (Å²) in [7, 11) is 1.83. The second kappa shape index (κ2) is 4.76. The smallest absolute Gasteiger partial charge is 0.299 e. The molecule has 20 heavy (non-hydrogen) atoms. The largest absolute Gasteiger partial charge is 0.303 e. The number of aromatic nitrogens is 2. The topological polar surface area (TPSA) is 55.2 Å². The van der Waals surface area contributed by atoms with Crippen LogP contribution in [0.5, 0.6) is 0 Å². The zero-order chi connectivity index (χ0) is 14.3. The van der Waals surface area contributed by atoms with Gasteiger partial charge in [-0.3, -0.25) is 14.3 Å². The van der Waals surface area contributed by atoms with Gasteiger partial charge in [-0.2, -0.15) is 5.10 Å². The molecule has 0 atom stereocenters. The molecule has 1 aromatic carbocycles. The Morgan fingerprint density at radius 2 is 2.10 bits per heavy atom. The minimum Gasteiger partial charge on any atom is -0.303 e. The minimum atomic E-state index is -0.517. The van der Waals surface area contributed by atoms with Gasteiger partial charge < -0.3 is 4.90 Å². The Hall–Kier alpha value is -2.14. The Balaban J connectivity index is 1.87. The van der Waals surface area contributed by atoms with Gasteiger partial charge in [-0.25, -0.2) is 0 Å². The second-order valence-electron chi connectivity index (χ2n) is 4.69. The van der Waals surface area contributed by atoms with Crippen molar-refractivity contribution in [3.63, 3.8) is 0 Å². The van der Waals surface area contributed by atoms with Crippen LogP contribution in [0.2, 0.25) is 5.02 Å². The van der Waals surface area contributed by atoms with Crippen molar-refractivity contribution < 1.29 is 9.59 Å². The number of anilines is 1. The van der Waals surface area contributed by atoms with E-state index in [0.717, 1.165) is 5.56 Å². The first-order chi connectivity index (χ1) is 9.58. The lowest BCUT2D eigenvalue weighted by atomic mass is 10.1. The third kappa shape index (κ3) is 2.00. The molecule has 3 rings (SSSR count). The molecular formula is C14H12ClN3O2. The highest BCUT2D eigenvalue weighted by atomic mass is 35.5. The molecule has 102 valence electrons. The van der Waals surface area contributed by atoms with Crippen molar-refractivity contribution in [1.29, 1.82) is 0 Å². The number of para-hydroxylation sites is 1. The van der Waals surface area contributed by atoms with Crippen molar-refractivity contribution in [1.82, 2.24) is 9.78 Å². The molecule has 5 nitrogen and oxygen atoms in total. The Morgan fingerprint density at radius 3 is 2.80 bits per heavy atom. The SMILES string of the molecule is Cn1cc(CCN2C(=O)C(=O)c3cccc(Cl)c32)cn1. The highest BCUT2D eigenvalue weighted by molar-refractivity contribution is 6.54. The van der Waals surface area contributed by atoms with Gasteiger partial charge >= 0.3 is 0 Å². The van der Waals surface area contributed by atoms with Gasteiger partial charge in [0.1, 0.15) is 0 Å². The summed E-state index contributed by atoms with van der Waals surface area (Å²) in [5.41, 5.74) is 1.91. The van der Waals surface area contributed by atoms with E-state index in [1.807, 2.05) is 13.2 Å². The Bertz CT molecular complexity index is 708. The molecule has 0 bridgehead atoms. The maximum atomic E-state index is 12.0. The van der Waals surface area contributed by atoms with Gasteiger partial charge in [0.25, 0.3) is 11.7 Å². The molecule has 1 amide bonds. The third-order valence-electron chi connectivity index (χ3n) is 3.32. The summed E-state index contributed by atoms with van der Waals surface area (Å²) in [6.07, 6.45) is 4.25. The van der Waals surface area contributed by atoms with E-state index in [-0.39, 0.29) is 0 Å². The number of aryl methyl sites for hydroxylation is 1. The maximum absolute atomic E-state index is 12.0. The number of amides is 1. The minimum absolute atomic E-state index is 0.383. The van der Waals surface area contributed by atoms with Crippen LogP contribution in [-0.2, 0) is 18.3 Å². The molecular weight excluding hydrogens is 278 g/mol. The predicted molar refractivity (Wildman–Crippen MR) is 75.0 cm³/mol. The van der Waals surface area contributed by atoms with E-state index in [9.17, 15) is 9.59 Å². The summed E-state index contributed by atoms with van der Waals surface area (Å²) < 4.78 is 1.70. The molecule has 0 N–H and O–H groups in total. The molecule has 2 heterocycles. The standard InChI is InChI=1S/C14H12ClN3O2/c1-17-8-9(7-16-17)5-6-18-12-10(13(19)14(18)20)3-2-4-11(12)15/h2-4,7-8H,5-6H2,1H3. The number of ketones is 1. The summed E-state index contributed by atoms with van der Waals surface area (Å²) in [5, 5.41) is 4.50. The van der Waals surface area contributed by atoms with Crippen LogP contribution in [0.1, 0.15) is 15.9 Å². The molecule has 1 aromatic heterocycles. The van der Waals surface area contributed by atoms with Crippen LogP contribution in [0.25, 0.3) is 0 Å². The monoisotopic (exact) mass is 289 g/mol. The van der Waals surface area contributed by atoms with Crippen molar-refractivity contribution in [3.05, 3.63) is 46.7 Å². The van der Waals surface area contributed by atoms with Crippen molar-refractivity contribution >= 4 is 29.0 Å². The van der Waals surface area contributed by atoms with Crippen molar-refractivity contribution in [2.24, 2.45) is 7.05 Å². The lowest BCUT2D eigenvalue weighted by molar-refractivity contribution is -0.114. The quantitative estimate of drug-likeness (QED) is 0.810. The normalized spacial score (nSPS) is 14.0. The molecule has 0 saturated carbocycles. The summed E-state index contributed by atoms with van der Waals surface area (Å²) in [4.78, 5) is 25.4. The lowest BCUT2D eigenvalue weighted by Gasteiger charge is -2.16. The highest BCUT2D eigenvalue weighted by Gasteiger charge is 2.36. The number of nitrogens with zero attached hydrogens (tertiary/aromatic N) is 3. The lowest BCUT2D eigenvalue weighted by Crippen LogP contribution is -2.31. The van der Waals surface area contributed by atoms with Gasteiger partial charge in [0.2, 0.25) is 0 Å². The summed E-state index contributed by atoms with van der Waals surface area (Å²) in [6.45, 7) is 0.410. The van der Waals surface area contributed by atoms with Crippen LogP contribution >= 0.6 is 11.6 Å². The van der Waals surface area contributed by atoms with Gasteiger partial charge in [0, 0.05) is 19.8 Å². The van der Waals surface area contributed by atoms with Gasteiger partial charge in [0.05, 0.1) is 22.5 Å². The first-order valence-electron chi connectivity index (χ1n) is 6.20. The van der Waals surface area contributed by atoms with E-state index in [1.54, 1.807) is 29.1 Å². The average Bonchev–Trinajstić information content (AvgIpc) is 2.94. The number of hydrogen-bond donors (Lipinski definition) is 0. The van der Waals surface area contributed by atoms with Crippen LogP contribution in [-0.4, -0.2) is 28.0 Å². The van der Waals surface area contributed by atoms with E-state index in [2.05, 4.69) is 5.10 Å². The number of halogens is 1. The Labute approximate surface area is 120 Å². The highest BCUT2D eigenvalue weighted by Crippen LogP contribution is 2.35. The fraction of sp³-hybridized carbons (Fsp3) is 0.214. The Kier molecular flexibility index (Phi) is 3.06. The maximum Gasteiger partial charge on any atom is 0.299 e. The number of hydrogen-bond acceptors (Lipinski definition) is 3. The third-order valence-corrected chi connectivity index (χ3v) is 3.63. The fourth-order valence-electron chi connectivity index (χ4n) is 2.37. The molecule has 6 heteroatoms. The van der Waals surface area contributed by atoms with E-state index in [1.165, 1.54) is 4.90 Å². The second-order valence-corrected chi connectivity index (χ2v) is 5.10. The van der Waals surface area contributed by atoms with E-state index in [0.29, 0.717) is 29.2 Å². The molecule has 0 saturated heterocycles. The molecule has 0 unspecified atom stereocenters. The molecule has 2 aromatic rings. The van der Waals surface area contributed by atoms with Crippen LogP contribution in [0.4, 0.5) is 5.69 Å². The average molecular weight is 290 g/mol. The first kappa shape index (κ1) is 12.9. The summed E-state index contributed by atoms with van der Waals surface area (Å²) in [5.74, 6) is -1.01. The molecule has 0 fully saturated rings. The van der Waals surface area contributed by atoms with Crippen molar-refractivity contribution in [3.8, 4) is 0 Å². The molecule has 1 aliphatic rings. The van der Waals surface area contributed by atoms with Crippen LogP contribution in [0.15, 0.2) is 30.6 Å². The molecule has 1 aliphatic heterocycles. The Morgan fingerprint density at radius 1 is 1.30 bits per heavy atom. The number of rotatable bonds is 3. The molecule has 0 radical (unpaired) electrons. The number of carbonyl (C=O) groups excluding carboxylic acids is 2. The van der Waals surface area contributed by atoms with E-state index >= 15 is 0 Å². The number of carbonyl (C=O) groups is 2. The van der Waals surface area contributed by atoms with Gasteiger partial charge in [-0.05, 0) is 24.1 Å². The number of fused-ring (bicyclic) bond motifs is 1. The van der Waals surface area contributed by atoms with Crippen LogP contribution < -0.4 is 4.90 Å². The van der Waals surface area contributed by atoms with Crippen LogP contribution in [0, 0.1) is 0 Å². The first-order valence-corrected chi connectivity index (χ1v) is 6.58. The molecule has 0 spiro atoms. The predicted octanol–water partition coefficient (Wildman–Crippen LogP) is 1.85. The van der Waals surface area contributed by atoms with E-state index < -0.39 is 11.7 Å². The summed E-state index contributed by atoms with van der Waals surface area (Å²) in [6, 6.07) is 4.99. The molecule has 0 aliphatic carbocycles. The van der Waals surface area contributed by atoms with Gasteiger partial charge in [0.15, 0.2) is 0 Å². The van der Waals surface area contributed by atoms with Gasteiger partial charge in [-0.15, -0.1) is 0 Å². The number of benzene rings is 1. The summed E-state index contributed by atoms with van der Waals surface area (Å²) >= 11 is 6.12. The van der Waals surface area contributed by atoms with Gasteiger partial charge in [-0.1, -0.05) is 17.7 Å².